The summed E-state index contributed by atoms with van der Waals surface area (Å²) in [5, 5.41) is 2.41. The van der Waals surface area contributed by atoms with Gasteiger partial charge in [-0.3, -0.25) is 4.40 Å². The number of aryl methyl sites for hydroxylation is 1. The molecule has 1 aromatic carbocycles. The summed E-state index contributed by atoms with van der Waals surface area (Å²) >= 11 is 3.53. The van der Waals surface area contributed by atoms with E-state index < -0.39 is 0 Å². The lowest BCUT2D eigenvalue weighted by Crippen LogP contribution is -3.19. The number of fused-ring (bicyclic) bond motifs is 1. The Kier molecular flexibility index (Phi) is 4.39. The third kappa shape index (κ3) is 2.99. The van der Waals surface area contributed by atoms with Crippen molar-refractivity contribution in [1.29, 1.82) is 0 Å². The summed E-state index contributed by atoms with van der Waals surface area (Å²) in [7, 11) is 0. The summed E-state index contributed by atoms with van der Waals surface area (Å²) in [4.78, 5) is 6.66. The lowest BCUT2D eigenvalue weighted by atomic mass is 10.1. The lowest BCUT2D eigenvalue weighted by molar-refractivity contribution is -0.958. The van der Waals surface area contributed by atoms with Crippen LogP contribution in [0.5, 0.6) is 0 Å². The average Bonchev–Trinajstić information content (AvgIpc) is 2.97. The summed E-state index contributed by atoms with van der Waals surface area (Å²) in [5.74, 6) is 0. The molecule has 0 aliphatic carbocycles. The highest BCUT2D eigenvalue weighted by Gasteiger charge is 2.22. The molecule has 5 heteroatoms. The minimum atomic E-state index is 1.03. The highest BCUT2D eigenvalue weighted by Crippen LogP contribution is 2.26. The number of hydrogen-bond acceptors (Lipinski definition) is 1. The molecule has 0 amide bonds. The summed E-state index contributed by atoms with van der Waals surface area (Å²) in [5.41, 5.74) is 5.95. The fraction of sp³-hybridized carbons (Fsp3) is 0.316. The van der Waals surface area contributed by atoms with Gasteiger partial charge < -0.3 is 10.2 Å². The van der Waals surface area contributed by atoms with Crippen molar-refractivity contribution in [2.24, 2.45) is 0 Å². The lowest BCUT2D eigenvalue weighted by Gasteiger charge is -2.22. The second-order valence-electron chi connectivity index (χ2n) is 6.59. The standard InChI is InChI=1S/C19H21BrN4/c1-14-3-2-10-24-17(13-23-11-8-21-9-12-23)18(22-19(14)24)15-4-6-16(20)7-5-15/h2-7,10,21H,8-9,11-13H2,1H3/p+2. The van der Waals surface area contributed by atoms with E-state index in [4.69, 9.17) is 4.98 Å². The molecule has 0 radical (unpaired) electrons. The van der Waals surface area contributed by atoms with Crippen LogP contribution in [0.1, 0.15) is 11.3 Å². The van der Waals surface area contributed by atoms with Gasteiger partial charge in [-0.05, 0) is 30.7 Å². The first kappa shape index (κ1) is 15.8. The van der Waals surface area contributed by atoms with Crippen LogP contribution in [-0.2, 0) is 6.54 Å². The van der Waals surface area contributed by atoms with E-state index in [9.17, 15) is 0 Å². The number of benzene rings is 1. The Labute approximate surface area is 150 Å². The average molecular weight is 387 g/mol. The van der Waals surface area contributed by atoms with Crippen LogP contribution in [0, 0.1) is 6.92 Å². The molecule has 124 valence electrons. The Morgan fingerprint density at radius 2 is 1.92 bits per heavy atom. The maximum Gasteiger partial charge on any atom is 0.140 e. The molecule has 1 aliphatic rings. The number of piperazine rings is 1. The normalized spacial score (nSPS) is 15.9. The fourth-order valence-electron chi connectivity index (χ4n) is 3.56. The summed E-state index contributed by atoms with van der Waals surface area (Å²) in [6.45, 7) is 8.05. The first-order valence-corrected chi connectivity index (χ1v) is 9.39. The number of aromatic nitrogens is 2. The van der Waals surface area contributed by atoms with Crippen molar-refractivity contribution in [1.82, 2.24) is 9.38 Å². The third-order valence-corrected chi connectivity index (χ3v) is 5.41. The number of imidazole rings is 1. The Bertz CT molecular complexity index is 848. The first-order chi connectivity index (χ1) is 11.7. The van der Waals surface area contributed by atoms with E-state index in [2.05, 4.69) is 75.2 Å². The molecule has 0 saturated carbocycles. The smallest absolute Gasteiger partial charge is 0.140 e. The van der Waals surface area contributed by atoms with E-state index in [0.717, 1.165) is 22.4 Å². The van der Waals surface area contributed by atoms with Gasteiger partial charge in [-0.25, -0.2) is 4.98 Å². The minimum Gasteiger partial charge on any atom is -0.337 e. The number of nitrogens with two attached hydrogens (primary N) is 1. The van der Waals surface area contributed by atoms with Crippen LogP contribution in [0.4, 0.5) is 0 Å². The Hall–Kier alpha value is -1.69. The molecule has 4 nitrogen and oxygen atoms in total. The van der Waals surface area contributed by atoms with E-state index in [0.29, 0.717) is 0 Å². The number of rotatable bonds is 3. The molecule has 0 bridgehead atoms. The highest BCUT2D eigenvalue weighted by molar-refractivity contribution is 9.10. The molecule has 1 fully saturated rings. The topological polar surface area (TPSA) is 38.4 Å². The van der Waals surface area contributed by atoms with Crippen LogP contribution >= 0.6 is 15.9 Å². The fourth-order valence-corrected chi connectivity index (χ4v) is 3.82. The predicted octanol–water partition coefficient (Wildman–Crippen LogP) is 1.03. The van der Waals surface area contributed by atoms with Crippen LogP contribution in [0.25, 0.3) is 16.9 Å². The number of halogens is 1. The molecular weight excluding hydrogens is 364 g/mol. The zero-order valence-corrected chi connectivity index (χ0v) is 15.5. The number of pyridine rings is 1. The molecule has 4 rings (SSSR count). The van der Waals surface area contributed by atoms with Gasteiger partial charge in [0, 0.05) is 16.2 Å². The Morgan fingerprint density at radius 3 is 2.67 bits per heavy atom. The molecule has 1 aliphatic heterocycles. The van der Waals surface area contributed by atoms with Crippen molar-refractivity contribution in [3.05, 3.63) is 58.3 Å². The second kappa shape index (κ2) is 6.67. The summed E-state index contributed by atoms with van der Waals surface area (Å²) in [6, 6.07) is 12.8. The summed E-state index contributed by atoms with van der Waals surface area (Å²) in [6.07, 6.45) is 2.16. The Balaban J connectivity index is 1.83. The number of hydrogen-bond donors (Lipinski definition) is 2. The van der Waals surface area contributed by atoms with Gasteiger partial charge in [-0.1, -0.05) is 34.1 Å². The largest absolute Gasteiger partial charge is 0.337 e. The van der Waals surface area contributed by atoms with E-state index in [1.807, 2.05) is 0 Å². The van der Waals surface area contributed by atoms with Crippen LogP contribution < -0.4 is 10.2 Å². The van der Waals surface area contributed by atoms with Gasteiger partial charge >= 0.3 is 0 Å². The quantitative estimate of drug-likeness (QED) is 0.693. The minimum absolute atomic E-state index is 1.03. The Morgan fingerprint density at radius 1 is 1.17 bits per heavy atom. The van der Waals surface area contributed by atoms with Crippen molar-refractivity contribution >= 4 is 21.6 Å². The maximum absolute atomic E-state index is 5.00. The van der Waals surface area contributed by atoms with Gasteiger partial charge in [-0.2, -0.15) is 0 Å². The molecule has 24 heavy (non-hydrogen) atoms. The molecule has 3 N–H and O–H groups in total. The molecule has 1 saturated heterocycles. The van der Waals surface area contributed by atoms with E-state index in [-0.39, 0.29) is 0 Å². The molecule has 2 aromatic heterocycles. The van der Waals surface area contributed by atoms with E-state index >= 15 is 0 Å². The number of nitrogens with one attached hydrogen (secondary N) is 1. The molecule has 0 unspecified atom stereocenters. The van der Waals surface area contributed by atoms with Gasteiger partial charge in [0.25, 0.3) is 0 Å². The highest BCUT2D eigenvalue weighted by atomic mass is 79.9. The van der Waals surface area contributed by atoms with Gasteiger partial charge in [0.2, 0.25) is 0 Å². The zero-order chi connectivity index (χ0) is 16.5. The van der Waals surface area contributed by atoms with Crippen molar-refractivity contribution in [2.75, 3.05) is 26.2 Å². The molecule has 3 heterocycles. The predicted molar refractivity (Wildman–Crippen MR) is 99.1 cm³/mol. The van der Waals surface area contributed by atoms with Crippen molar-refractivity contribution in [3.8, 4) is 11.3 Å². The third-order valence-electron chi connectivity index (χ3n) is 4.88. The van der Waals surface area contributed by atoms with Gasteiger partial charge in [-0.15, -0.1) is 0 Å². The van der Waals surface area contributed by atoms with Gasteiger partial charge in [0.15, 0.2) is 0 Å². The molecule has 0 spiro atoms. The summed E-state index contributed by atoms with van der Waals surface area (Å²) < 4.78 is 3.39. The SMILES string of the molecule is Cc1cccn2c(C[NH+]3CC[NH2+]CC3)c(-c3ccc(Br)cc3)nc12. The maximum atomic E-state index is 5.00. The molecule has 0 atom stereocenters. The number of quaternary nitrogens is 2. The van der Waals surface area contributed by atoms with Crippen molar-refractivity contribution in [3.63, 3.8) is 0 Å². The van der Waals surface area contributed by atoms with Crippen LogP contribution in [0.2, 0.25) is 0 Å². The van der Waals surface area contributed by atoms with Crippen molar-refractivity contribution in [2.45, 2.75) is 13.5 Å². The number of nitrogens with zero attached hydrogens (tertiary/aromatic N) is 2. The molecular formula is C19H23BrN4+2. The van der Waals surface area contributed by atoms with E-state index in [1.54, 1.807) is 4.90 Å². The molecule has 3 aromatic rings. The van der Waals surface area contributed by atoms with Crippen LogP contribution in [-0.4, -0.2) is 35.6 Å². The van der Waals surface area contributed by atoms with Gasteiger partial charge in [0.05, 0.1) is 5.69 Å². The second-order valence-corrected chi connectivity index (χ2v) is 7.51. The monoisotopic (exact) mass is 386 g/mol. The van der Waals surface area contributed by atoms with Crippen LogP contribution in [0.3, 0.4) is 0 Å². The van der Waals surface area contributed by atoms with Crippen LogP contribution in [0.15, 0.2) is 47.1 Å². The zero-order valence-electron chi connectivity index (χ0n) is 13.9. The van der Waals surface area contributed by atoms with Gasteiger partial charge in [0.1, 0.15) is 44.1 Å². The van der Waals surface area contributed by atoms with Crippen molar-refractivity contribution < 1.29 is 10.2 Å². The first-order valence-electron chi connectivity index (χ1n) is 8.60. The van der Waals surface area contributed by atoms with E-state index in [1.165, 1.54) is 43.0 Å².